The molecule has 6 heteroatoms. The van der Waals surface area contributed by atoms with E-state index in [2.05, 4.69) is 9.97 Å². The maximum Gasteiger partial charge on any atom is 0.170 e. The molecule has 0 aliphatic heterocycles. The van der Waals surface area contributed by atoms with Gasteiger partial charge in [0.1, 0.15) is 23.9 Å². The minimum absolute atomic E-state index is 0.348. The molecule has 86 valence electrons. The fraction of sp³-hybridized carbons (Fsp3) is 0.0909. The maximum atomic E-state index is 10.4. The smallest absolute Gasteiger partial charge is 0.170 e. The number of aldehydes is 1. The van der Waals surface area contributed by atoms with Crippen LogP contribution in [0.2, 0.25) is 0 Å². The monoisotopic (exact) mass is 230 g/mol. The molecule has 17 heavy (non-hydrogen) atoms. The van der Waals surface area contributed by atoms with Gasteiger partial charge < -0.3 is 5.11 Å². The largest absolute Gasteiger partial charge is 0.400 e. The number of nitrogens with zero attached hydrogens (tertiary/aromatic N) is 4. The highest BCUT2D eigenvalue weighted by atomic mass is 16.2. The standard InChI is InChI=1S/C10H6N4O.CH4O/c11-3-8-1-2-10(12-4-8)14-5-9(6-15)13-7-14;1-2/h1-2,4-7H;2H,1H3. The molecular formula is C11H10N4O2. The number of carbonyl (C=O) groups excluding carboxylic acids is 1. The van der Waals surface area contributed by atoms with Gasteiger partial charge in [0.05, 0.1) is 5.56 Å². The number of aliphatic hydroxyl groups excluding tert-OH is 1. The Labute approximate surface area is 97.8 Å². The quantitative estimate of drug-likeness (QED) is 0.761. The number of carbonyl (C=O) groups is 1. The number of hydrogen-bond acceptors (Lipinski definition) is 5. The molecular weight excluding hydrogens is 220 g/mol. The van der Waals surface area contributed by atoms with Gasteiger partial charge in [0, 0.05) is 19.5 Å². The van der Waals surface area contributed by atoms with E-state index in [1.807, 2.05) is 6.07 Å². The Morgan fingerprint density at radius 2 is 2.18 bits per heavy atom. The van der Waals surface area contributed by atoms with Crippen molar-refractivity contribution in [2.24, 2.45) is 0 Å². The van der Waals surface area contributed by atoms with Crippen molar-refractivity contribution >= 4 is 6.29 Å². The predicted molar refractivity (Wildman–Crippen MR) is 59.6 cm³/mol. The van der Waals surface area contributed by atoms with E-state index in [1.165, 1.54) is 12.5 Å². The van der Waals surface area contributed by atoms with E-state index in [4.69, 9.17) is 10.4 Å². The molecule has 0 saturated heterocycles. The summed E-state index contributed by atoms with van der Waals surface area (Å²) in [6, 6.07) is 5.32. The van der Waals surface area contributed by atoms with Crippen LogP contribution in [0.3, 0.4) is 0 Å². The molecule has 0 atom stereocenters. The summed E-state index contributed by atoms with van der Waals surface area (Å²) in [4.78, 5) is 18.3. The molecule has 0 fully saturated rings. The Morgan fingerprint density at radius 1 is 1.41 bits per heavy atom. The van der Waals surface area contributed by atoms with Gasteiger partial charge in [-0.1, -0.05) is 0 Å². The molecule has 6 nitrogen and oxygen atoms in total. The minimum Gasteiger partial charge on any atom is -0.400 e. The maximum absolute atomic E-state index is 10.4. The van der Waals surface area contributed by atoms with Gasteiger partial charge in [-0.25, -0.2) is 9.97 Å². The zero-order chi connectivity index (χ0) is 12.7. The zero-order valence-electron chi connectivity index (χ0n) is 9.11. The van der Waals surface area contributed by atoms with Crippen LogP contribution in [0.5, 0.6) is 0 Å². The summed E-state index contributed by atoms with van der Waals surface area (Å²) < 4.78 is 1.62. The molecule has 0 aromatic carbocycles. The first kappa shape index (κ1) is 12.5. The second kappa shape index (κ2) is 6.15. The molecule has 0 radical (unpaired) electrons. The van der Waals surface area contributed by atoms with E-state index in [0.717, 1.165) is 7.11 Å². The molecule has 0 aliphatic carbocycles. The van der Waals surface area contributed by atoms with Gasteiger partial charge in [0.2, 0.25) is 0 Å². The van der Waals surface area contributed by atoms with Crippen molar-refractivity contribution in [3.8, 4) is 11.9 Å². The third-order valence-electron chi connectivity index (χ3n) is 1.86. The summed E-state index contributed by atoms with van der Waals surface area (Å²) in [5.74, 6) is 0.620. The van der Waals surface area contributed by atoms with Crippen LogP contribution in [0.1, 0.15) is 16.1 Å². The average molecular weight is 230 g/mol. The normalized spacial score (nSPS) is 8.76. The number of aromatic nitrogens is 3. The Bertz CT molecular complexity index is 525. The van der Waals surface area contributed by atoms with Crippen LogP contribution in [0.4, 0.5) is 0 Å². The second-order valence-corrected chi connectivity index (χ2v) is 2.84. The summed E-state index contributed by atoms with van der Waals surface area (Å²) in [7, 11) is 1.00. The highest BCUT2D eigenvalue weighted by Gasteiger charge is 2.00. The van der Waals surface area contributed by atoms with Crippen LogP contribution in [-0.2, 0) is 0 Å². The van der Waals surface area contributed by atoms with Crippen molar-refractivity contribution in [3.05, 3.63) is 42.1 Å². The highest BCUT2D eigenvalue weighted by Crippen LogP contribution is 2.05. The Morgan fingerprint density at radius 3 is 2.65 bits per heavy atom. The van der Waals surface area contributed by atoms with Gasteiger partial charge in [-0.3, -0.25) is 9.36 Å². The highest BCUT2D eigenvalue weighted by molar-refractivity contribution is 5.71. The van der Waals surface area contributed by atoms with E-state index in [0.29, 0.717) is 23.4 Å². The molecule has 0 saturated carbocycles. The molecule has 2 aromatic rings. The number of nitriles is 1. The molecule has 1 N–H and O–H groups in total. The second-order valence-electron chi connectivity index (χ2n) is 2.84. The fourth-order valence-corrected chi connectivity index (χ4v) is 1.13. The third kappa shape index (κ3) is 2.96. The zero-order valence-corrected chi connectivity index (χ0v) is 9.11. The Kier molecular flexibility index (Phi) is 4.54. The van der Waals surface area contributed by atoms with Crippen LogP contribution < -0.4 is 0 Å². The van der Waals surface area contributed by atoms with E-state index in [1.54, 1.807) is 22.9 Å². The Balaban J connectivity index is 0.000000686. The van der Waals surface area contributed by atoms with Crippen LogP contribution in [0, 0.1) is 11.3 Å². The van der Waals surface area contributed by atoms with Crippen LogP contribution in [-0.4, -0.2) is 33.0 Å². The number of imidazole rings is 1. The van der Waals surface area contributed by atoms with Gasteiger partial charge in [-0.2, -0.15) is 5.26 Å². The van der Waals surface area contributed by atoms with Gasteiger partial charge in [-0.15, -0.1) is 0 Å². The summed E-state index contributed by atoms with van der Waals surface area (Å²) >= 11 is 0. The minimum atomic E-state index is 0.348. The number of pyridine rings is 1. The summed E-state index contributed by atoms with van der Waals surface area (Å²) in [6.07, 6.45) is 5.20. The van der Waals surface area contributed by atoms with Gasteiger partial charge in [0.15, 0.2) is 6.29 Å². The number of aliphatic hydroxyl groups is 1. The van der Waals surface area contributed by atoms with E-state index >= 15 is 0 Å². The Hall–Kier alpha value is -2.52. The van der Waals surface area contributed by atoms with Crippen molar-refractivity contribution in [2.45, 2.75) is 0 Å². The van der Waals surface area contributed by atoms with Crippen LogP contribution in [0.25, 0.3) is 5.82 Å². The molecule has 0 bridgehead atoms. The topological polar surface area (TPSA) is 91.8 Å². The lowest BCUT2D eigenvalue weighted by Gasteiger charge is -1.98. The first-order valence-electron chi connectivity index (χ1n) is 4.64. The molecule has 2 heterocycles. The third-order valence-corrected chi connectivity index (χ3v) is 1.86. The number of hydrogen-bond donors (Lipinski definition) is 1. The van der Waals surface area contributed by atoms with Crippen molar-refractivity contribution in [1.29, 1.82) is 5.26 Å². The lowest BCUT2D eigenvalue weighted by Crippen LogP contribution is -1.93. The summed E-state index contributed by atoms with van der Waals surface area (Å²) in [6.45, 7) is 0. The van der Waals surface area contributed by atoms with E-state index in [9.17, 15) is 4.79 Å². The molecule has 2 rings (SSSR count). The molecule has 0 unspecified atom stereocenters. The molecule has 0 spiro atoms. The van der Waals surface area contributed by atoms with Crippen LogP contribution >= 0.6 is 0 Å². The van der Waals surface area contributed by atoms with Crippen molar-refractivity contribution in [1.82, 2.24) is 14.5 Å². The van der Waals surface area contributed by atoms with E-state index in [-0.39, 0.29) is 0 Å². The van der Waals surface area contributed by atoms with Gasteiger partial charge >= 0.3 is 0 Å². The first-order chi connectivity index (χ1) is 8.33. The lowest BCUT2D eigenvalue weighted by molar-refractivity contribution is 0.111. The summed E-state index contributed by atoms with van der Waals surface area (Å²) in [5, 5.41) is 15.6. The first-order valence-corrected chi connectivity index (χ1v) is 4.64. The SMILES string of the molecule is CO.N#Cc1ccc(-n2cnc(C=O)c2)nc1. The molecule has 0 amide bonds. The van der Waals surface area contributed by atoms with Crippen LogP contribution in [0.15, 0.2) is 30.9 Å². The van der Waals surface area contributed by atoms with Crippen molar-refractivity contribution < 1.29 is 9.90 Å². The van der Waals surface area contributed by atoms with Gasteiger partial charge in [-0.05, 0) is 12.1 Å². The summed E-state index contributed by atoms with van der Waals surface area (Å²) in [5.41, 5.74) is 0.843. The van der Waals surface area contributed by atoms with Crippen molar-refractivity contribution in [2.75, 3.05) is 7.11 Å². The number of rotatable bonds is 2. The predicted octanol–water partition coefficient (Wildman–Crippen LogP) is 0.560. The van der Waals surface area contributed by atoms with Gasteiger partial charge in [0.25, 0.3) is 0 Å². The molecule has 2 aromatic heterocycles. The van der Waals surface area contributed by atoms with Crippen molar-refractivity contribution in [3.63, 3.8) is 0 Å². The molecule has 0 aliphatic rings. The van der Waals surface area contributed by atoms with E-state index < -0.39 is 0 Å². The lowest BCUT2D eigenvalue weighted by atomic mass is 10.3. The average Bonchev–Trinajstić information content (AvgIpc) is 2.90. The fourth-order valence-electron chi connectivity index (χ4n) is 1.13.